The monoisotopic (exact) mass is 372 g/mol. The molecular weight excluding hydrogens is 340 g/mol. The lowest BCUT2D eigenvalue weighted by Crippen LogP contribution is -2.41. The van der Waals surface area contributed by atoms with Gasteiger partial charge in [0.2, 0.25) is 0 Å². The predicted octanol–water partition coefficient (Wildman–Crippen LogP) is 4.66. The van der Waals surface area contributed by atoms with Crippen LogP contribution in [0.15, 0.2) is 23.8 Å². The fraction of sp³-hybridized carbons (Fsp3) is 0.652. The Morgan fingerprint density at radius 2 is 1.67 bits per heavy atom. The van der Waals surface area contributed by atoms with E-state index in [1.165, 1.54) is 32.1 Å². The minimum absolute atomic E-state index is 0.136. The highest BCUT2D eigenvalue weighted by atomic mass is 16.5. The minimum atomic E-state index is 0.136. The van der Waals surface area contributed by atoms with Crippen LogP contribution >= 0.6 is 0 Å². The zero-order valence-electron chi connectivity index (χ0n) is 16.6. The molecule has 0 aromatic heterocycles. The number of benzene rings is 1. The smallest absolute Gasteiger partial charge is 0.126 e. The molecular formula is C23H32O4. The standard InChI is InChI=1S/C23H32O4/c1-3-26-23(22-17-8-15-7-16(10-17)11-18(22)9-15)19-12-20(25-2)14-21(13-19)27-6-4-5-24/h12-18,24H,3-11H2,1-2H3. The highest BCUT2D eigenvalue weighted by molar-refractivity contribution is 5.67. The first kappa shape index (κ1) is 18.7. The lowest BCUT2D eigenvalue weighted by Gasteiger charge is -2.51. The maximum atomic E-state index is 9.01. The van der Waals surface area contributed by atoms with Crippen LogP contribution in [0.4, 0.5) is 0 Å². The van der Waals surface area contributed by atoms with Gasteiger partial charge in [-0.3, -0.25) is 0 Å². The Labute approximate surface area is 162 Å². The molecule has 0 aliphatic heterocycles. The van der Waals surface area contributed by atoms with Crippen molar-refractivity contribution in [2.24, 2.45) is 23.7 Å². The van der Waals surface area contributed by atoms with E-state index in [1.807, 2.05) is 6.07 Å². The van der Waals surface area contributed by atoms with Gasteiger partial charge in [-0.1, -0.05) is 0 Å². The molecule has 0 heterocycles. The Balaban J connectivity index is 1.70. The Kier molecular flexibility index (Phi) is 5.63. The zero-order valence-corrected chi connectivity index (χ0v) is 16.6. The summed E-state index contributed by atoms with van der Waals surface area (Å²) in [6.45, 7) is 3.37. The van der Waals surface area contributed by atoms with Crippen molar-refractivity contribution in [2.45, 2.75) is 45.4 Å². The number of aliphatic hydroxyl groups excluding tert-OH is 1. The zero-order chi connectivity index (χ0) is 18.8. The van der Waals surface area contributed by atoms with Crippen molar-refractivity contribution in [3.63, 3.8) is 0 Å². The number of ether oxygens (including phenoxy) is 3. The third-order valence-electron chi connectivity index (χ3n) is 6.52. The maximum absolute atomic E-state index is 9.01. The molecule has 4 bridgehead atoms. The summed E-state index contributed by atoms with van der Waals surface area (Å²) in [7, 11) is 1.69. The second-order valence-corrected chi connectivity index (χ2v) is 8.34. The fourth-order valence-corrected chi connectivity index (χ4v) is 5.70. The average molecular weight is 373 g/mol. The number of rotatable bonds is 8. The quantitative estimate of drug-likeness (QED) is 0.533. The van der Waals surface area contributed by atoms with Gasteiger partial charge in [-0.15, -0.1) is 0 Å². The van der Waals surface area contributed by atoms with Crippen molar-refractivity contribution in [3.05, 3.63) is 29.3 Å². The van der Waals surface area contributed by atoms with Crippen molar-refractivity contribution >= 4 is 5.76 Å². The van der Waals surface area contributed by atoms with Gasteiger partial charge in [0.15, 0.2) is 0 Å². The summed E-state index contributed by atoms with van der Waals surface area (Å²) in [6, 6.07) is 6.05. The van der Waals surface area contributed by atoms with E-state index >= 15 is 0 Å². The first-order valence-electron chi connectivity index (χ1n) is 10.5. The number of allylic oxidation sites excluding steroid dienone is 1. The normalized spacial score (nSPS) is 28.3. The van der Waals surface area contributed by atoms with Gasteiger partial charge in [0.25, 0.3) is 0 Å². The summed E-state index contributed by atoms with van der Waals surface area (Å²) in [5.41, 5.74) is 2.62. The summed E-state index contributed by atoms with van der Waals surface area (Å²) >= 11 is 0. The SMILES string of the molecule is CCOC(=C1C2CC3CC(C2)CC1C3)c1cc(OC)cc(OCCCO)c1. The van der Waals surface area contributed by atoms with Crippen LogP contribution in [0.2, 0.25) is 0 Å². The van der Waals surface area contributed by atoms with E-state index in [0.717, 1.165) is 34.7 Å². The summed E-state index contributed by atoms with van der Waals surface area (Å²) in [5, 5.41) is 9.01. The number of methoxy groups -OCH3 is 1. The molecule has 148 valence electrons. The number of hydrogen-bond acceptors (Lipinski definition) is 4. The first-order chi connectivity index (χ1) is 13.2. The van der Waals surface area contributed by atoms with E-state index in [0.29, 0.717) is 31.5 Å². The Morgan fingerprint density at radius 1 is 1.00 bits per heavy atom. The molecule has 4 heteroatoms. The van der Waals surface area contributed by atoms with Gasteiger partial charge in [-0.05, 0) is 80.4 Å². The largest absolute Gasteiger partial charge is 0.497 e. The Morgan fingerprint density at radius 3 is 2.26 bits per heavy atom. The lowest BCUT2D eigenvalue weighted by atomic mass is 9.54. The van der Waals surface area contributed by atoms with Crippen molar-refractivity contribution in [3.8, 4) is 11.5 Å². The Bertz CT molecular complexity index is 664. The predicted molar refractivity (Wildman–Crippen MR) is 106 cm³/mol. The second kappa shape index (κ2) is 8.14. The van der Waals surface area contributed by atoms with Gasteiger partial charge >= 0.3 is 0 Å². The summed E-state index contributed by atoms with van der Waals surface area (Å²) in [5.74, 6) is 5.87. The molecule has 1 aromatic rings. The molecule has 4 fully saturated rings. The maximum Gasteiger partial charge on any atom is 0.126 e. The molecule has 1 aromatic carbocycles. The van der Waals surface area contributed by atoms with Crippen LogP contribution < -0.4 is 9.47 Å². The second-order valence-electron chi connectivity index (χ2n) is 8.34. The van der Waals surface area contributed by atoms with Gasteiger partial charge in [0.1, 0.15) is 17.3 Å². The van der Waals surface area contributed by atoms with Crippen LogP contribution in [-0.2, 0) is 4.74 Å². The van der Waals surface area contributed by atoms with Gasteiger partial charge in [-0.25, -0.2) is 0 Å². The average Bonchev–Trinajstić information content (AvgIpc) is 2.66. The topological polar surface area (TPSA) is 47.9 Å². The molecule has 5 rings (SSSR count). The molecule has 0 atom stereocenters. The first-order valence-corrected chi connectivity index (χ1v) is 10.5. The summed E-state index contributed by atoms with van der Waals surface area (Å²) in [4.78, 5) is 0. The lowest BCUT2D eigenvalue weighted by molar-refractivity contribution is 0.0668. The molecule has 0 spiro atoms. The van der Waals surface area contributed by atoms with E-state index < -0.39 is 0 Å². The molecule has 0 unspecified atom stereocenters. The van der Waals surface area contributed by atoms with Gasteiger partial charge in [0.05, 0.1) is 20.3 Å². The van der Waals surface area contributed by atoms with E-state index in [1.54, 1.807) is 12.7 Å². The number of aliphatic hydroxyl groups is 1. The van der Waals surface area contributed by atoms with Crippen LogP contribution in [0, 0.1) is 23.7 Å². The van der Waals surface area contributed by atoms with Crippen LogP contribution in [0.5, 0.6) is 11.5 Å². The van der Waals surface area contributed by atoms with E-state index in [9.17, 15) is 0 Å². The van der Waals surface area contributed by atoms with Gasteiger partial charge in [0, 0.05) is 24.7 Å². The van der Waals surface area contributed by atoms with Crippen LogP contribution in [-0.4, -0.2) is 32.0 Å². The summed E-state index contributed by atoms with van der Waals surface area (Å²) < 4.78 is 17.6. The Hall–Kier alpha value is -1.68. The highest BCUT2D eigenvalue weighted by Gasteiger charge is 2.46. The van der Waals surface area contributed by atoms with E-state index in [4.69, 9.17) is 19.3 Å². The van der Waals surface area contributed by atoms with Crippen molar-refractivity contribution < 1.29 is 19.3 Å². The third-order valence-corrected chi connectivity index (χ3v) is 6.52. The molecule has 4 aliphatic rings. The van der Waals surface area contributed by atoms with Crippen LogP contribution in [0.1, 0.15) is 51.0 Å². The molecule has 1 N–H and O–H groups in total. The van der Waals surface area contributed by atoms with Crippen LogP contribution in [0.25, 0.3) is 5.76 Å². The third kappa shape index (κ3) is 3.82. The van der Waals surface area contributed by atoms with Crippen molar-refractivity contribution in [1.29, 1.82) is 0 Å². The van der Waals surface area contributed by atoms with Crippen LogP contribution in [0.3, 0.4) is 0 Å². The molecule has 0 radical (unpaired) electrons. The highest BCUT2D eigenvalue weighted by Crippen LogP contribution is 2.58. The molecule has 0 amide bonds. The molecule has 27 heavy (non-hydrogen) atoms. The van der Waals surface area contributed by atoms with Crippen molar-refractivity contribution in [1.82, 2.24) is 0 Å². The molecule has 4 aliphatic carbocycles. The molecule has 4 saturated carbocycles. The summed E-state index contributed by atoms with van der Waals surface area (Å²) in [6.07, 6.45) is 7.42. The van der Waals surface area contributed by atoms with Crippen molar-refractivity contribution in [2.75, 3.05) is 26.9 Å². The minimum Gasteiger partial charge on any atom is -0.497 e. The van der Waals surface area contributed by atoms with E-state index in [2.05, 4.69) is 19.1 Å². The van der Waals surface area contributed by atoms with E-state index in [-0.39, 0.29) is 6.61 Å². The fourth-order valence-electron chi connectivity index (χ4n) is 5.70. The van der Waals surface area contributed by atoms with Gasteiger partial charge in [-0.2, -0.15) is 0 Å². The number of hydrogen-bond donors (Lipinski definition) is 1. The van der Waals surface area contributed by atoms with Gasteiger partial charge < -0.3 is 19.3 Å². The molecule has 0 saturated heterocycles. The molecule has 4 nitrogen and oxygen atoms in total.